The van der Waals surface area contributed by atoms with Crippen molar-refractivity contribution < 1.29 is 19.1 Å². The molecular formula is C43H59N5O4. The number of para-hydroxylation sites is 2. The van der Waals surface area contributed by atoms with Crippen LogP contribution in [0.15, 0.2) is 60.9 Å². The molecule has 9 nitrogen and oxygen atoms in total. The number of hydrogen-bond acceptors (Lipinski definition) is 5. The molecule has 0 bridgehead atoms. The third-order valence-electron chi connectivity index (χ3n) is 11.5. The van der Waals surface area contributed by atoms with Gasteiger partial charge in [0.1, 0.15) is 11.6 Å². The van der Waals surface area contributed by atoms with E-state index in [1.165, 1.54) is 52.2 Å². The Bertz CT molecular complexity index is 1810. The smallest absolute Gasteiger partial charge is 0.408 e. The zero-order valence-electron chi connectivity index (χ0n) is 31.6. The van der Waals surface area contributed by atoms with Gasteiger partial charge in [0.15, 0.2) is 0 Å². The van der Waals surface area contributed by atoms with Gasteiger partial charge in [-0.2, -0.15) is 0 Å². The Balaban J connectivity index is 0.985. The fourth-order valence-corrected chi connectivity index (χ4v) is 9.02. The van der Waals surface area contributed by atoms with E-state index >= 15 is 0 Å². The SMILES string of the molecule is CC(C)(C)OC(=O)NC(C(=O)N1CCC[C@H]1Cc1cn(CCOCCn2cc(C[C@@H]3CCCN3)c3ccccc32)c2ccccc12)C1CCCCC1. The van der Waals surface area contributed by atoms with E-state index in [-0.39, 0.29) is 17.9 Å². The van der Waals surface area contributed by atoms with Crippen LogP contribution in [0.1, 0.15) is 89.7 Å². The van der Waals surface area contributed by atoms with Crippen molar-refractivity contribution in [3.8, 4) is 0 Å². The molecule has 0 radical (unpaired) electrons. The minimum atomic E-state index is -0.618. The molecule has 52 heavy (non-hydrogen) atoms. The van der Waals surface area contributed by atoms with Gasteiger partial charge in [-0.25, -0.2) is 4.79 Å². The Morgan fingerprint density at radius 3 is 2.06 bits per heavy atom. The van der Waals surface area contributed by atoms with Crippen molar-refractivity contribution in [1.29, 1.82) is 0 Å². The van der Waals surface area contributed by atoms with Crippen molar-refractivity contribution in [2.24, 2.45) is 5.92 Å². The van der Waals surface area contributed by atoms with Crippen molar-refractivity contribution >= 4 is 33.8 Å². The van der Waals surface area contributed by atoms with E-state index in [4.69, 9.17) is 9.47 Å². The first-order valence-corrected chi connectivity index (χ1v) is 20.0. The van der Waals surface area contributed by atoms with E-state index in [1.54, 1.807) is 0 Å². The Morgan fingerprint density at radius 2 is 1.44 bits per heavy atom. The summed E-state index contributed by atoms with van der Waals surface area (Å²) in [4.78, 5) is 29.3. The quantitative estimate of drug-likeness (QED) is 0.140. The minimum absolute atomic E-state index is 0.0511. The number of nitrogens with one attached hydrogen (secondary N) is 2. The standard InChI is InChI=1S/C43H59N5O4/c1-43(2,3)52-42(50)45-40(31-13-5-4-6-14-31)41(49)48-22-12-16-35(48)28-33-30-47(39-20-10-8-18-37(33)39)24-26-51-25-23-46-29-32(27-34-15-11-21-44-34)36-17-7-9-19-38(36)46/h7-10,17-20,29-31,34-35,40,44H,4-6,11-16,21-28H2,1-3H3,(H,45,50)/t34-,35-,40?/m0/s1. The van der Waals surface area contributed by atoms with Gasteiger partial charge >= 0.3 is 6.09 Å². The highest BCUT2D eigenvalue weighted by Gasteiger charge is 2.39. The number of carbonyl (C=O) groups excluding carboxylic acids is 2. The van der Waals surface area contributed by atoms with E-state index < -0.39 is 17.7 Å². The van der Waals surface area contributed by atoms with Crippen LogP contribution in [-0.2, 0) is 40.2 Å². The van der Waals surface area contributed by atoms with Gasteiger partial charge in [0.05, 0.1) is 13.2 Å². The maximum Gasteiger partial charge on any atom is 0.408 e. The Labute approximate surface area is 309 Å². The van der Waals surface area contributed by atoms with Gasteiger partial charge < -0.3 is 34.1 Å². The van der Waals surface area contributed by atoms with Gasteiger partial charge in [-0.1, -0.05) is 55.7 Å². The van der Waals surface area contributed by atoms with Gasteiger partial charge in [0.25, 0.3) is 0 Å². The van der Waals surface area contributed by atoms with Crippen molar-refractivity contribution in [3.63, 3.8) is 0 Å². The minimum Gasteiger partial charge on any atom is -0.444 e. The summed E-state index contributed by atoms with van der Waals surface area (Å²) in [5.74, 6) is 0.194. The first kappa shape index (κ1) is 36.5. The molecule has 2 aliphatic heterocycles. The lowest BCUT2D eigenvalue weighted by Gasteiger charge is -2.35. The molecule has 3 atom stereocenters. The summed E-state index contributed by atoms with van der Waals surface area (Å²) in [5.41, 5.74) is 4.55. The van der Waals surface area contributed by atoms with Gasteiger partial charge in [0, 0.05) is 65.9 Å². The third-order valence-corrected chi connectivity index (χ3v) is 11.5. The second-order valence-electron chi connectivity index (χ2n) is 16.4. The lowest BCUT2D eigenvalue weighted by Crippen LogP contribution is -2.54. The lowest BCUT2D eigenvalue weighted by atomic mass is 9.83. The molecule has 9 heteroatoms. The molecule has 0 spiro atoms. The summed E-state index contributed by atoms with van der Waals surface area (Å²) in [6.07, 6.45) is 15.7. The summed E-state index contributed by atoms with van der Waals surface area (Å²) < 4.78 is 16.6. The van der Waals surface area contributed by atoms with Gasteiger partial charge in [-0.05, 0) is 108 Å². The van der Waals surface area contributed by atoms with Crippen LogP contribution in [0.4, 0.5) is 4.79 Å². The van der Waals surface area contributed by atoms with Crippen molar-refractivity contribution in [2.45, 2.75) is 128 Å². The molecule has 2 aromatic carbocycles. The van der Waals surface area contributed by atoms with E-state index in [1.807, 2.05) is 20.8 Å². The van der Waals surface area contributed by atoms with Crippen LogP contribution in [0.3, 0.4) is 0 Å². The zero-order valence-corrected chi connectivity index (χ0v) is 31.6. The molecule has 3 aliphatic rings. The van der Waals surface area contributed by atoms with E-state index in [0.29, 0.717) is 19.3 Å². The predicted molar refractivity (Wildman–Crippen MR) is 208 cm³/mol. The molecule has 7 rings (SSSR count). The first-order valence-electron chi connectivity index (χ1n) is 20.0. The average molecular weight is 710 g/mol. The predicted octanol–water partition coefficient (Wildman–Crippen LogP) is 7.61. The number of rotatable bonds is 13. The summed E-state index contributed by atoms with van der Waals surface area (Å²) in [5, 5.41) is 9.28. The number of benzene rings is 2. The first-order chi connectivity index (χ1) is 25.2. The lowest BCUT2D eigenvalue weighted by molar-refractivity contribution is -0.136. The topological polar surface area (TPSA) is 89.8 Å². The Hall–Kier alpha value is -3.82. The van der Waals surface area contributed by atoms with Crippen molar-refractivity contribution in [1.82, 2.24) is 24.7 Å². The van der Waals surface area contributed by atoms with E-state index in [0.717, 1.165) is 77.5 Å². The number of amides is 2. The summed E-state index contributed by atoms with van der Waals surface area (Å²) in [6.45, 7) is 10.3. The van der Waals surface area contributed by atoms with Gasteiger partial charge in [0.2, 0.25) is 5.91 Å². The van der Waals surface area contributed by atoms with Gasteiger partial charge in [-0.15, -0.1) is 0 Å². The molecular weight excluding hydrogens is 651 g/mol. The highest BCUT2D eigenvalue weighted by Crippen LogP contribution is 2.32. The summed E-state index contributed by atoms with van der Waals surface area (Å²) >= 11 is 0. The number of nitrogens with zero attached hydrogens (tertiary/aromatic N) is 3. The number of ether oxygens (including phenoxy) is 2. The average Bonchev–Trinajstić information content (AvgIpc) is 3.95. The number of aromatic nitrogens is 2. The number of hydrogen-bond donors (Lipinski definition) is 2. The van der Waals surface area contributed by atoms with Crippen LogP contribution in [0.2, 0.25) is 0 Å². The monoisotopic (exact) mass is 709 g/mol. The molecule has 1 aliphatic carbocycles. The fraction of sp³-hybridized carbons (Fsp3) is 0.581. The van der Waals surface area contributed by atoms with Crippen LogP contribution < -0.4 is 10.6 Å². The van der Waals surface area contributed by atoms with Crippen LogP contribution in [0.25, 0.3) is 21.8 Å². The number of fused-ring (bicyclic) bond motifs is 2. The second kappa shape index (κ2) is 16.5. The maximum absolute atomic E-state index is 14.3. The number of carbonyl (C=O) groups is 2. The van der Waals surface area contributed by atoms with E-state index in [2.05, 4.69) is 85.6 Å². The van der Waals surface area contributed by atoms with Crippen LogP contribution in [0.5, 0.6) is 0 Å². The molecule has 2 amide bonds. The van der Waals surface area contributed by atoms with Crippen LogP contribution >= 0.6 is 0 Å². The molecule has 4 aromatic rings. The largest absolute Gasteiger partial charge is 0.444 e. The maximum atomic E-state index is 14.3. The van der Waals surface area contributed by atoms with Crippen LogP contribution in [0, 0.1) is 5.92 Å². The van der Waals surface area contributed by atoms with Gasteiger partial charge in [-0.3, -0.25) is 4.79 Å². The summed E-state index contributed by atoms with van der Waals surface area (Å²) in [7, 11) is 0. The van der Waals surface area contributed by atoms with E-state index in [9.17, 15) is 9.59 Å². The van der Waals surface area contributed by atoms with Crippen molar-refractivity contribution in [3.05, 3.63) is 72.1 Å². The number of likely N-dealkylation sites (tertiary alicyclic amines) is 1. The highest BCUT2D eigenvalue weighted by molar-refractivity contribution is 5.87. The molecule has 4 heterocycles. The normalized spacial score (nSPS) is 20.6. The molecule has 2 saturated heterocycles. The molecule has 3 fully saturated rings. The summed E-state index contributed by atoms with van der Waals surface area (Å²) in [6, 6.07) is 17.5. The zero-order chi connectivity index (χ0) is 36.1. The second-order valence-corrected chi connectivity index (χ2v) is 16.4. The van der Waals surface area contributed by atoms with Crippen molar-refractivity contribution in [2.75, 3.05) is 26.3 Å². The molecule has 1 unspecified atom stereocenters. The molecule has 280 valence electrons. The molecule has 2 N–H and O–H groups in total. The van der Waals surface area contributed by atoms with Crippen LogP contribution in [-0.4, -0.2) is 76.1 Å². The number of alkyl carbamates (subject to hydrolysis) is 1. The Morgan fingerprint density at radius 1 is 0.808 bits per heavy atom. The molecule has 1 saturated carbocycles. The molecule has 2 aromatic heterocycles. The Kier molecular flexibility index (Phi) is 11.6. The fourth-order valence-electron chi connectivity index (χ4n) is 9.02. The third kappa shape index (κ3) is 8.69. The highest BCUT2D eigenvalue weighted by atomic mass is 16.6.